The fraction of sp³-hybridized carbons (Fsp3) is 0.953. The van der Waals surface area contributed by atoms with E-state index >= 15 is 0 Å². The molecule has 0 aromatic carbocycles. The van der Waals surface area contributed by atoms with Crippen LogP contribution in [0.3, 0.4) is 0 Å². The number of carbonyl (C=O) groups excluding carboxylic acids is 2. The lowest BCUT2D eigenvalue weighted by molar-refractivity contribution is -0.161. The molecule has 0 amide bonds. The highest BCUT2D eigenvalue weighted by molar-refractivity contribution is 7.47. The van der Waals surface area contributed by atoms with Gasteiger partial charge in [-0.3, -0.25) is 18.6 Å². The summed E-state index contributed by atoms with van der Waals surface area (Å²) in [5.41, 5.74) is 5.02. The summed E-state index contributed by atoms with van der Waals surface area (Å²) in [4.78, 5) is 35.2. The van der Waals surface area contributed by atoms with Gasteiger partial charge in [-0.05, 0) is 26.7 Å². The Hall–Kier alpha value is -0.990. The maximum atomic E-state index is 12.6. The second-order valence-corrected chi connectivity index (χ2v) is 17.7. The Labute approximate surface area is 327 Å². The molecule has 0 aliphatic carbocycles. The summed E-state index contributed by atoms with van der Waals surface area (Å²) in [6.45, 7) is 6.96. The lowest BCUT2D eigenvalue weighted by Crippen LogP contribution is -2.37. The lowest BCUT2D eigenvalue weighted by atomic mass is 10.0. The Balaban J connectivity index is 4.25. The summed E-state index contributed by atoms with van der Waals surface area (Å²) >= 11 is 0. The van der Waals surface area contributed by atoms with Crippen LogP contribution in [-0.4, -0.2) is 48.3 Å². The van der Waals surface area contributed by atoms with Crippen LogP contribution < -0.4 is 5.73 Å². The van der Waals surface area contributed by atoms with Gasteiger partial charge in [0.1, 0.15) is 6.61 Å². The third-order valence-corrected chi connectivity index (χ3v) is 10.7. The minimum absolute atomic E-state index is 0.196. The molecule has 316 valence electrons. The first-order chi connectivity index (χ1) is 25.5. The van der Waals surface area contributed by atoms with Crippen molar-refractivity contribution in [1.29, 1.82) is 0 Å². The van der Waals surface area contributed by atoms with Crippen LogP contribution in [0.25, 0.3) is 0 Å². The third kappa shape index (κ3) is 40.5. The number of rotatable bonds is 41. The van der Waals surface area contributed by atoms with Gasteiger partial charge in [-0.2, -0.15) is 0 Å². The van der Waals surface area contributed by atoms with Crippen molar-refractivity contribution < 1.29 is 37.6 Å². The van der Waals surface area contributed by atoms with Gasteiger partial charge in [-0.1, -0.05) is 194 Å². The summed E-state index contributed by atoms with van der Waals surface area (Å²) in [7, 11) is -4.45. The number of unbranched alkanes of at least 4 members (excludes halogenated alkanes) is 28. The zero-order chi connectivity index (χ0) is 39.3. The molecule has 2 atom stereocenters. The number of phosphoric ester groups is 1. The van der Waals surface area contributed by atoms with Gasteiger partial charge in [0, 0.05) is 18.4 Å². The highest BCUT2D eigenvalue weighted by atomic mass is 31.2. The quantitative estimate of drug-likeness (QED) is 0.0353. The molecule has 0 bridgehead atoms. The average Bonchev–Trinajstić information content (AvgIpc) is 3.11. The molecule has 0 saturated heterocycles. The predicted molar refractivity (Wildman–Crippen MR) is 220 cm³/mol. The zero-order valence-electron chi connectivity index (χ0n) is 35.2. The van der Waals surface area contributed by atoms with Crippen LogP contribution in [0, 0.1) is 0 Å². The molecule has 0 heterocycles. The molecule has 10 heteroatoms. The molecule has 53 heavy (non-hydrogen) atoms. The molecule has 0 aliphatic rings. The summed E-state index contributed by atoms with van der Waals surface area (Å²) in [6, 6.07) is 0. The zero-order valence-corrected chi connectivity index (χ0v) is 36.1. The van der Waals surface area contributed by atoms with Crippen molar-refractivity contribution in [2.24, 2.45) is 5.73 Å². The Bertz CT molecular complexity index is 881. The van der Waals surface area contributed by atoms with Crippen LogP contribution >= 0.6 is 7.82 Å². The molecule has 0 fully saturated rings. The van der Waals surface area contributed by atoms with Crippen LogP contribution in [0.15, 0.2) is 0 Å². The number of ether oxygens (including phenoxy) is 2. The number of hydrogen-bond acceptors (Lipinski definition) is 8. The topological polar surface area (TPSA) is 134 Å². The minimum atomic E-state index is -4.45. The van der Waals surface area contributed by atoms with E-state index in [-0.39, 0.29) is 32.0 Å². The number of esters is 2. The van der Waals surface area contributed by atoms with Gasteiger partial charge in [0.2, 0.25) is 0 Å². The first-order valence-corrected chi connectivity index (χ1v) is 23.7. The molecule has 0 radical (unpaired) electrons. The first-order valence-electron chi connectivity index (χ1n) is 22.2. The largest absolute Gasteiger partial charge is 0.472 e. The van der Waals surface area contributed by atoms with Gasteiger partial charge in [-0.25, -0.2) is 4.57 Å². The van der Waals surface area contributed by atoms with E-state index in [1.54, 1.807) is 13.8 Å². The van der Waals surface area contributed by atoms with Gasteiger partial charge >= 0.3 is 19.8 Å². The van der Waals surface area contributed by atoms with Crippen molar-refractivity contribution in [3.63, 3.8) is 0 Å². The summed E-state index contributed by atoms with van der Waals surface area (Å²) in [5.74, 6) is -0.819. The van der Waals surface area contributed by atoms with Gasteiger partial charge in [0.25, 0.3) is 0 Å². The smallest absolute Gasteiger partial charge is 0.462 e. The molecule has 3 N–H and O–H groups in total. The maximum absolute atomic E-state index is 12.6. The molecular formula is C43H86NO8P. The van der Waals surface area contributed by atoms with E-state index in [0.29, 0.717) is 6.42 Å². The third-order valence-electron chi connectivity index (χ3n) is 9.72. The maximum Gasteiger partial charge on any atom is 0.472 e. The SMILES string of the molecule is CCCCCCCCCCCCCCCCCC(=O)OC[C@H](COP(=O)(O)OCC(C)(C)N)OC(=O)CCCCCCCCCCCCCCCCC. The highest BCUT2D eigenvalue weighted by Gasteiger charge is 2.28. The normalized spacial score (nSPS) is 13.5. The van der Waals surface area contributed by atoms with E-state index < -0.39 is 32.0 Å². The molecule has 9 nitrogen and oxygen atoms in total. The van der Waals surface area contributed by atoms with Crippen molar-refractivity contribution in [2.75, 3.05) is 19.8 Å². The summed E-state index contributed by atoms with van der Waals surface area (Å²) in [6.07, 6.45) is 36.9. The first kappa shape index (κ1) is 52.0. The number of carbonyl (C=O) groups is 2. The number of nitrogens with two attached hydrogens (primary N) is 1. The van der Waals surface area contributed by atoms with Crippen LogP contribution in [0.5, 0.6) is 0 Å². The molecule has 0 rings (SSSR count). The van der Waals surface area contributed by atoms with Gasteiger partial charge in [0.05, 0.1) is 13.2 Å². The van der Waals surface area contributed by atoms with Gasteiger partial charge in [0.15, 0.2) is 6.10 Å². The van der Waals surface area contributed by atoms with E-state index in [4.69, 9.17) is 24.3 Å². The Morgan fingerprint density at radius 2 is 0.849 bits per heavy atom. The Kier molecular flexibility index (Phi) is 36.0. The van der Waals surface area contributed by atoms with Crippen LogP contribution in [0.4, 0.5) is 0 Å². The average molecular weight is 776 g/mol. The summed E-state index contributed by atoms with van der Waals surface area (Å²) in [5, 5.41) is 0. The van der Waals surface area contributed by atoms with Crippen LogP contribution in [0.1, 0.15) is 233 Å². The second-order valence-electron chi connectivity index (χ2n) is 16.2. The second kappa shape index (κ2) is 36.6. The fourth-order valence-electron chi connectivity index (χ4n) is 6.36. The monoisotopic (exact) mass is 776 g/mol. The van der Waals surface area contributed by atoms with E-state index in [1.807, 2.05) is 0 Å². The Morgan fingerprint density at radius 1 is 0.528 bits per heavy atom. The van der Waals surface area contributed by atoms with Gasteiger partial charge in [-0.15, -0.1) is 0 Å². The van der Waals surface area contributed by atoms with E-state index in [2.05, 4.69) is 13.8 Å². The van der Waals surface area contributed by atoms with Crippen molar-refractivity contribution >= 4 is 19.8 Å². The molecule has 0 aliphatic heterocycles. The highest BCUT2D eigenvalue weighted by Crippen LogP contribution is 2.43. The fourth-order valence-corrected chi connectivity index (χ4v) is 7.29. The molecule has 0 aromatic rings. The molecule has 0 aromatic heterocycles. The lowest BCUT2D eigenvalue weighted by Gasteiger charge is -2.22. The van der Waals surface area contributed by atoms with Crippen molar-refractivity contribution in [2.45, 2.75) is 245 Å². The molecule has 0 saturated carbocycles. The predicted octanol–water partition coefficient (Wildman–Crippen LogP) is 12.8. The molecule has 0 spiro atoms. The Morgan fingerprint density at radius 3 is 1.19 bits per heavy atom. The molecular weight excluding hydrogens is 689 g/mol. The number of phosphoric acid groups is 1. The standard InChI is InChI=1S/C43H86NO8P/c1-5-7-9-11-13-15-17-19-21-23-25-27-29-31-33-35-41(45)49-37-40(38-50-53(47,48)51-39-43(3,4)44)52-42(46)36-34-32-30-28-26-24-22-20-18-16-14-12-10-8-6-2/h40H,5-39,44H2,1-4H3,(H,47,48)/t40-/m1/s1. The molecule has 1 unspecified atom stereocenters. The van der Waals surface area contributed by atoms with Crippen LogP contribution in [0.2, 0.25) is 0 Å². The van der Waals surface area contributed by atoms with E-state index in [1.165, 1.54) is 154 Å². The van der Waals surface area contributed by atoms with E-state index in [0.717, 1.165) is 32.1 Å². The van der Waals surface area contributed by atoms with Gasteiger partial charge < -0.3 is 20.1 Å². The van der Waals surface area contributed by atoms with E-state index in [9.17, 15) is 19.0 Å². The van der Waals surface area contributed by atoms with Crippen molar-refractivity contribution in [1.82, 2.24) is 0 Å². The summed E-state index contributed by atoms with van der Waals surface area (Å²) < 4.78 is 33.4. The minimum Gasteiger partial charge on any atom is -0.462 e. The number of hydrogen-bond donors (Lipinski definition) is 2. The van der Waals surface area contributed by atoms with Crippen molar-refractivity contribution in [3.05, 3.63) is 0 Å². The van der Waals surface area contributed by atoms with Crippen molar-refractivity contribution in [3.8, 4) is 0 Å². The van der Waals surface area contributed by atoms with Crippen LogP contribution in [-0.2, 0) is 32.7 Å².